The highest BCUT2D eigenvalue weighted by Gasteiger charge is 2.58. The third-order valence-corrected chi connectivity index (χ3v) is 7.08. The summed E-state index contributed by atoms with van der Waals surface area (Å²) in [4.78, 5) is 29.0. The lowest BCUT2D eigenvalue weighted by Crippen LogP contribution is -2.64. The van der Waals surface area contributed by atoms with Gasteiger partial charge in [-0.25, -0.2) is 4.79 Å². The van der Waals surface area contributed by atoms with E-state index >= 15 is 0 Å². The third kappa shape index (κ3) is 4.44. The molecule has 0 saturated carbocycles. The van der Waals surface area contributed by atoms with Crippen molar-refractivity contribution in [3.8, 4) is 16.9 Å². The topological polar surface area (TPSA) is 70.1 Å². The van der Waals surface area contributed by atoms with E-state index in [1.807, 2.05) is 26.8 Å². The molecule has 2 heterocycles. The lowest BCUT2D eigenvalue weighted by Gasteiger charge is -2.47. The van der Waals surface area contributed by atoms with Crippen LogP contribution >= 0.6 is 0 Å². The molecule has 0 aromatic heterocycles. The van der Waals surface area contributed by atoms with Gasteiger partial charge in [-0.1, -0.05) is 39.0 Å². The van der Waals surface area contributed by atoms with Gasteiger partial charge in [0.2, 0.25) is 5.91 Å². The van der Waals surface area contributed by atoms with E-state index in [4.69, 9.17) is 4.74 Å². The summed E-state index contributed by atoms with van der Waals surface area (Å²) in [6.45, 7) is 6.73. The molecule has 2 aromatic rings. The summed E-state index contributed by atoms with van der Waals surface area (Å²) >= 11 is 0. The Labute approximate surface area is 202 Å². The first-order valence-electron chi connectivity index (χ1n) is 11.6. The molecule has 1 fully saturated rings. The number of fused-ring (bicyclic) bond motifs is 1. The first-order chi connectivity index (χ1) is 16.3. The van der Waals surface area contributed by atoms with Gasteiger partial charge in [-0.05, 0) is 53.6 Å². The number of carbonyl (C=O) groups is 2. The average Bonchev–Trinajstić information content (AvgIpc) is 3.15. The first-order valence-corrected chi connectivity index (χ1v) is 11.6. The number of carbonyl (C=O) groups excluding carboxylic acids is 1. The fourth-order valence-electron chi connectivity index (χ4n) is 5.26. The van der Waals surface area contributed by atoms with Crippen LogP contribution in [0.1, 0.15) is 44.7 Å². The van der Waals surface area contributed by atoms with E-state index in [9.17, 15) is 27.9 Å². The van der Waals surface area contributed by atoms with Crippen molar-refractivity contribution in [1.29, 1.82) is 0 Å². The van der Waals surface area contributed by atoms with E-state index in [0.29, 0.717) is 42.8 Å². The number of benzene rings is 2. The van der Waals surface area contributed by atoms with Gasteiger partial charge in [-0.15, -0.1) is 0 Å². The van der Waals surface area contributed by atoms with Crippen molar-refractivity contribution >= 4 is 12.0 Å². The zero-order chi connectivity index (χ0) is 25.6. The smallest absolute Gasteiger partial charge is 0.416 e. The van der Waals surface area contributed by atoms with Crippen LogP contribution in [0.3, 0.4) is 0 Å². The van der Waals surface area contributed by atoms with E-state index in [1.54, 1.807) is 17.0 Å². The summed E-state index contributed by atoms with van der Waals surface area (Å²) < 4.78 is 44.7. The Bertz CT molecular complexity index is 1120. The molecule has 9 heteroatoms. The van der Waals surface area contributed by atoms with Gasteiger partial charge in [-0.3, -0.25) is 9.69 Å². The maximum atomic E-state index is 14.0. The van der Waals surface area contributed by atoms with Gasteiger partial charge in [0.05, 0.1) is 12.1 Å². The average molecular weight is 491 g/mol. The second-order valence-electron chi connectivity index (χ2n) is 10.1. The summed E-state index contributed by atoms with van der Waals surface area (Å²) in [5.74, 6) is 0.351. The van der Waals surface area contributed by atoms with Gasteiger partial charge in [-0.2, -0.15) is 13.2 Å². The van der Waals surface area contributed by atoms with Crippen molar-refractivity contribution in [3.63, 3.8) is 0 Å². The molecule has 4 rings (SSSR count). The predicted molar refractivity (Wildman–Crippen MR) is 124 cm³/mol. The number of halogens is 3. The molecular weight excluding hydrogens is 461 g/mol. The highest BCUT2D eigenvalue weighted by atomic mass is 19.4. The normalized spacial score (nSPS) is 20.7. The van der Waals surface area contributed by atoms with Gasteiger partial charge < -0.3 is 14.7 Å². The number of hydrogen-bond donors (Lipinski definition) is 1. The van der Waals surface area contributed by atoms with Crippen LogP contribution in [0.2, 0.25) is 0 Å². The van der Waals surface area contributed by atoms with E-state index in [0.717, 1.165) is 17.7 Å². The molecule has 188 valence electrons. The maximum absolute atomic E-state index is 14.0. The van der Waals surface area contributed by atoms with Gasteiger partial charge >= 0.3 is 12.3 Å². The van der Waals surface area contributed by atoms with Crippen molar-refractivity contribution in [2.75, 3.05) is 19.7 Å². The second-order valence-corrected chi connectivity index (χ2v) is 10.1. The molecule has 0 spiro atoms. The summed E-state index contributed by atoms with van der Waals surface area (Å²) in [6, 6.07) is 10.3. The molecule has 0 bridgehead atoms. The largest absolute Gasteiger partial charge is 0.491 e. The fraction of sp³-hybridized carbons (Fsp3) is 0.462. The van der Waals surface area contributed by atoms with Crippen LogP contribution in [-0.2, 0) is 17.5 Å². The Hall–Kier alpha value is -3.23. The number of hydrogen-bond acceptors (Lipinski definition) is 3. The zero-order valence-corrected chi connectivity index (χ0v) is 20.0. The molecule has 1 atom stereocenters. The second kappa shape index (κ2) is 8.77. The summed E-state index contributed by atoms with van der Waals surface area (Å²) in [6.07, 6.45) is -4.47. The number of amides is 2. The van der Waals surface area contributed by atoms with E-state index in [-0.39, 0.29) is 19.1 Å². The quantitative estimate of drug-likeness (QED) is 0.591. The predicted octanol–water partition coefficient (Wildman–Crippen LogP) is 5.65. The van der Waals surface area contributed by atoms with Crippen LogP contribution in [0.5, 0.6) is 5.75 Å². The third-order valence-electron chi connectivity index (χ3n) is 7.08. The van der Waals surface area contributed by atoms with Crippen molar-refractivity contribution in [2.24, 2.45) is 5.41 Å². The molecular formula is C26H29F3N2O4. The van der Waals surface area contributed by atoms with Gasteiger partial charge in [0.15, 0.2) is 0 Å². The fourth-order valence-corrected chi connectivity index (χ4v) is 5.26. The van der Waals surface area contributed by atoms with Crippen LogP contribution in [0.25, 0.3) is 11.1 Å². The highest BCUT2D eigenvalue weighted by Crippen LogP contribution is 2.45. The highest BCUT2D eigenvalue weighted by molar-refractivity contribution is 5.91. The first kappa shape index (κ1) is 24.9. The van der Waals surface area contributed by atoms with E-state index < -0.39 is 28.8 Å². The molecule has 35 heavy (non-hydrogen) atoms. The Morgan fingerprint density at radius 1 is 1.00 bits per heavy atom. The van der Waals surface area contributed by atoms with Crippen LogP contribution < -0.4 is 4.74 Å². The molecule has 2 aliphatic heterocycles. The number of rotatable bonds is 2. The molecule has 2 amide bonds. The maximum Gasteiger partial charge on any atom is 0.416 e. The number of carboxylic acid groups (broad SMARTS) is 1. The van der Waals surface area contributed by atoms with Crippen molar-refractivity contribution in [3.05, 3.63) is 53.6 Å². The molecule has 1 unspecified atom stereocenters. The lowest BCUT2D eigenvalue weighted by atomic mass is 9.70. The van der Waals surface area contributed by atoms with E-state index in [1.165, 1.54) is 17.0 Å². The Kier molecular flexibility index (Phi) is 6.23. The molecule has 1 N–H and O–H groups in total. The number of nitrogens with zero attached hydrogens (tertiary/aromatic N) is 2. The van der Waals surface area contributed by atoms with Crippen molar-refractivity contribution < 1.29 is 32.6 Å². The Balaban J connectivity index is 1.66. The van der Waals surface area contributed by atoms with Crippen LogP contribution in [-0.4, -0.2) is 52.1 Å². The van der Waals surface area contributed by atoms with Crippen molar-refractivity contribution in [2.45, 2.75) is 51.9 Å². The van der Waals surface area contributed by atoms with Crippen LogP contribution in [0.15, 0.2) is 42.5 Å². The SMILES string of the molecule is CC(C)(C)C1(C(=O)N2CCOc3ccc(-c4ccc(C(F)(F)F)cc4)cc3C2)CCCN1C(=O)O. The molecule has 0 radical (unpaired) electrons. The van der Waals surface area contributed by atoms with Crippen LogP contribution in [0, 0.1) is 5.41 Å². The Morgan fingerprint density at radius 2 is 1.66 bits per heavy atom. The number of likely N-dealkylation sites (tertiary alicyclic amines) is 1. The zero-order valence-electron chi connectivity index (χ0n) is 20.0. The van der Waals surface area contributed by atoms with Crippen LogP contribution in [0.4, 0.5) is 18.0 Å². The van der Waals surface area contributed by atoms with Gasteiger partial charge in [0, 0.05) is 18.7 Å². The summed E-state index contributed by atoms with van der Waals surface area (Å²) in [5, 5.41) is 9.87. The van der Waals surface area contributed by atoms with Gasteiger partial charge in [0.1, 0.15) is 17.9 Å². The summed E-state index contributed by atoms with van der Waals surface area (Å²) in [7, 11) is 0. The Morgan fingerprint density at radius 3 is 2.26 bits per heavy atom. The number of alkyl halides is 3. The minimum absolute atomic E-state index is 0.216. The van der Waals surface area contributed by atoms with E-state index in [2.05, 4.69) is 0 Å². The minimum Gasteiger partial charge on any atom is -0.491 e. The van der Waals surface area contributed by atoms with Crippen molar-refractivity contribution in [1.82, 2.24) is 9.80 Å². The molecule has 0 aliphatic carbocycles. The number of ether oxygens (including phenoxy) is 1. The van der Waals surface area contributed by atoms with Gasteiger partial charge in [0.25, 0.3) is 0 Å². The molecule has 6 nitrogen and oxygen atoms in total. The standard InChI is InChI=1S/C26H29F3N2O4/c1-24(2,3)25(11-4-12-31(25)23(33)34)22(32)30-13-14-35-21-10-7-18(15-19(21)16-30)17-5-8-20(9-6-17)26(27,28)29/h5-10,15H,4,11-14,16H2,1-3H3,(H,33,34). The lowest BCUT2D eigenvalue weighted by molar-refractivity contribution is -0.149. The summed E-state index contributed by atoms with van der Waals surface area (Å²) in [5.41, 5.74) is -0.498. The molecule has 2 aliphatic rings. The molecule has 2 aromatic carbocycles. The molecule has 1 saturated heterocycles. The monoisotopic (exact) mass is 490 g/mol. The minimum atomic E-state index is -4.41.